The molecule has 2 aliphatic heterocycles. The summed E-state index contributed by atoms with van der Waals surface area (Å²) in [6.07, 6.45) is -0.513. The van der Waals surface area contributed by atoms with E-state index in [4.69, 9.17) is 21.1 Å². The number of piperidine rings is 1. The normalized spacial score (nSPS) is 22.4. The monoisotopic (exact) mass is 416 g/mol. The van der Waals surface area contributed by atoms with Gasteiger partial charge in [0.25, 0.3) is 5.91 Å². The van der Waals surface area contributed by atoms with Crippen LogP contribution in [-0.2, 0) is 4.74 Å². The molecule has 2 aliphatic rings. The van der Waals surface area contributed by atoms with Gasteiger partial charge in [0.15, 0.2) is 0 Å². The van der Waals surface area contributed by atoms with Crippen molar-refractivity contribution in [2.45, 2.75) is 18.6 Å². The number of morpholine rings is 1. The highest BCUT2D eigenvalue weighted by Crippen LogP contribution is 2.23. The van der Waals surface area contributed by atoms with E-state index in [0.29, 0.717) is 29.3 Å². The Bertz CT molecular complexity index is 822. The summed E-state index contributed by atoms with van der Waals surface area (Å²) in [5, 5.41) is 11.1. The molecule has 0 aliphatic carbocycles. The lowest BCUT2D eigenvalue weighted by Crippen LogP contribution is -2.51. The molecule has 2 fully saturated rings. The number of halogens is 1. The topological polar surface area (TPSA) is 62.2 Å². The summed E-state index contributed by atoms with van der Waals surface area (Å²) in [4.78, 5) is 16.8. The van der Waals surface area contributed by atoms with E-state index in [9.17, 15) is 9.90 Å². The quantitative estimate of drug-likeness (QED) is 0.830. The van der Waals surface area contributed by atoms with Crippen molar-refractivity contribution in [1.29, 1.82) is 0 Å². The summed E-state index contributed by atoms with van der Waals surface area (Å²) in [5.41, 5.74) is 1.73. The summed E-state index contributed by atoms with van der Waals surface area (Å²) in [7, 11) is 0. The van der Waals surface area contributed by atoms with Crippen molar-refractivity contribution in [3.05, 3.63) is 59.1 Å². The molecule has 0 unspecified atom stereocenters. The second-order valence-corrected chi connectivity index (χ2v) is 7.80. The van der Waals surface area contributed by atoms with Crippen LogP contribution in [0.5, 0.6) is 5.75 Å². The van der Waals surface area contributed by atoms with Gasteiger partial charge < -0.3 is 24.4 Å². The largest absolute Gasteiger partial charge is 0.488 e. The summed E-state index contributed by atoms with van der Waals surface area (Å²) < 4.78 is 11.3. The number of carbonyl (C=O) groups is 1. The van der Waals surface area contributed by atoms with Gasteiger partial charge in [-0.15, -0.1) is 0 Å². The van der Waals surface area contributed by atoms with Gasteiger partial charge in [-0.25, -0.2) is 0 Å². The summed E-state index contributed by atoms with van der Waals surface area (Å²) in [6, 6.07) is 14.7. The number of hydrogen-bond donors (Lipinski definition) is 1. The molecular weight excluding hydrogens is 392 g/mol. The van der Waals surface area contributed by atoms with Gasteiger partial charge in [0.1, 0.15) is 18.0 Å². The van der Waals surface area contributed by atoms with Gasteiger partial charge >= 0.3 is 0 Å². The van der Waals surface area contributed by atoms with E-state index < -0.39 is 6.10 Å². The van der Waals surface area contributed by atoms with Gasteiger partial charge in [0, 0.05) is 42.3 Å². The highest BCUT2D eigenvalue weighted by molar-refractivity contribution is 6.30. The van der Waals surface area contributed by atoms with Crippen LogP contribution in [0.15, 0.2) is 48.5 Å². The second kappa shape index (κ2) is 9.03. The maximum Gasteiger partial charge on any atom is 0.253 e. The fraction of sp³-hybridized carbons (Fsp3) is 0.409. The van der Waals surface area contributed by atoms with Crippen molar-refractivity contribution in [3.8, 4) is 5.75 Å². The first-order chi connectivity index (χ1) is 14.1. The number of likely N-dealkylation sites (tertiary alicyclic amines) is 1. The van der Waals surface area contributed by atoms with Gasteiger partial charge in [-0.05, 0) is 48.5 Å². The van der Waals surface area contributed by atoms with E-state index in [1.165, 1.54) is 0 Å². The average molecular weight is 417 g/mol. The van der Waals surface area contributed by atoms with Gasteiger partial charge in [-0.3, -0.25) is 4.79 Å². The zero-order valence-electron chi connectivity index (χ0n) is 16.2. The average Bonchev–Trinajstić information content (AvgIpc) is 2.77. The number of nitrogens with zero attached hydrogens (tertiary/aromatic N) is 2. The van der Waals surface area contributed by atoms with Crippen molar-refractivity contribution in [2.24, 2.45) is 0 Å². The first-order valence-corrected chi connectivity index (χ1v) is 10.3. The molecule has 1 amide bonds. The number of carbonyl (C=O) groups excluding carboxylic acids is 1. The number of hydrogen-bond acceptors (Lipinski definition) is 5. The third-order valence-electron chi connectivity index (χ3n) is 5.40. The fourth-order valence-electron chi connectivity index (χ4n) is 3.74. The molecule has 2 aromatic carbocycles. The van der Waals surface area contributed by atoms with Gasteiger partial charge in [0.2, 0.25) is 0 Å². The van der Waals surface area contributed by atoms with Crippen molar-refractivity contribution < 1.29 is 19.4 Å². The Morgan fingerprint density at radius 1 is 1.03 bits per heavy atom. The molecule has 2 atom stereocenters. The number of amides is 1. The van der Waals surface area contributed by atoms with Crippen LogP contribution >= 0.6 is 11.6 Å². The maximum absolute atomic E-state index is 12.9. The van der Waals surface area contributed by atoms with Gasteiger partial charge in [0.05, 0.1) is 19.8 Å². The number of aliphatic hydroxyl groups excluding tert-OH is 1. The molecule has 154 valence electrons. The minimum Gasteiger partial charge on any atom is -0.488 e. The molecule has 7 heteroatoms. The zero-order valence-corrected chi connectivity index (χ0v) is 16.9. The van der Waals surface area contributed by atoms with E-state index in [2.05, 4.69) is 4.90 Å². The van der Waals surface area contributed by atoms with E-state index in [0.717, 1.165) is 32.0 Å². The lowest BCUT2D eigenvalue weighted by molar-refractivity contribution is -0.0198. The Labute approximate surface area is 175 Å². The highest BCUT2D eigenvalue weighted by atomic mass is 35.5. The molecule has 6 nitrogen and oxygen atoms in total. The standard InChI is InChI=1S/C22H25ClN2O4/c23-17-3-7-19(8-4-17)29-21-9-10-25(15-20(21)26)22(27)16-1-5-18(6-2-16)24-11-13-28-14-12-24/h1-8,20-21,26H,9-15H2/t20-,21-/m1/s1. The van der Waals surface area contributed by atoms with Crippen molar-refractivity contribution in [3.63, 3.8) is 0 Å². The van der Waals surface area contributed by atoms with E-state index in [-0.39, 0.29) is 18.6 Å². The van der Waals surface area contributed by atoms with Crippen molar-refractivity contribution >= 4 is 23.2 Å². The van der Waals surface area contributed by atoms with Crippen molar-refractivity contribution in [1.82, 2.24) is 4.90 Å². The number of benzene rings is 2. The molecule has 0 aromatic heterocycles. The van der Waals surface area contributed by atoms with Crippen LogP contribution in [-0.4, -0.2) is 67.5 Å². The van der Waals surface area contributed by atoms with Crippen LogP contribution in [0.3, 0.4) is 0 Å². The van der Waals surface area contributed by atoms with Crippen LogP contribution in [0.25, 0.3) is 0 Å². The Hall–Kier alpha value is -2.28. The molecule has 4 rings (SSSR count). The SMILES string of the molecule is O=C(c1ccc(N2CCOCC2)cc1)N1CC[C@@H](Oc2ccc(Cl)cc2)[C@H](O)C1. The lowest BCUT2D eigenvalue weighted by atomic mass is 10.0. The molecule has 2 heterocycles. The Balaban J connectivity index is 1.34. The van der Waals surface area contributed by atoms with Gasteiger partial charge in [-0.1, -0.05) is 11.6 Å². The minimum absolute atomic E-state index is 0.0671. The molecule has 0 radical (unpaired) electrons. The number of anilines is 1. The van der Waals surface area contributed by atoms with Crippen molar-refractivity contribution in [2.75, 3.05) is 44.3 Å². The third-order valence-corrected chi connectivity index (χ3v) is 5.65. The van der Waals surface area contributed by atoms with E-state index in [1.807, 2.05) is 24.3 Å². The minimum atomic E-state index is -0.740. The molecule has 2 saturated heterocycles. The first-order valence-electron chi connectivity index (χ1n) is 9.92. The molecule has 0 bridgehead atoms. The summed E-state index contributed by atoms with van der Waals surface area (Å²) >= 11 is 5.89. The van der Waals surface area contributed by atoms with E-state index in [1.54, 1.807) is 29.2 Å². The predicted octanol–water partition coefficient (Wildman–Crippen LogP) is 2.83. The fourth-order valence-corrected chi connectivity index (χ4v) is 3.86. The molecular formula is C22H25ClN2O4. The van der Waals surface area contributed by atoms with Crippen LogP contribution in [0, 0.1) is 0 Å². The predicted molar refractivity (Wildman–Crippen MR) is 112 cm³/mol. The maximum atomic E-state index is 12.9. The molecule has 0 spiro atoms. The third kappa shape index (κ3) is 4.83. The Morgan fingerprint density at radius 2 is 1.72 bits per heavy atom. The first kappa shape index (κ1) is 20.0. The molecule has 0 saturated carbocycles. The van der Waals surface area contributed by atoms with Crippen LogP contribution in [0.4, 0.5) is 5.69 Å². The molecule has 29 heavy (non-hydrogen) atoms. The Kier molecular flexibility index (Phi) is 6.23. The second-order valence-electron chi connectivity index (χ2n) is 7.36. The number of aliphatic hydroxyl groups is 1. The van der Waals surface area contributed by atoms with Gasteiger partial charge in [-0.2, -0.15) is 0 Å². The Morgan fingerprint density at radius 3 is 2.38 bits per heavy atom. The summed E-state index contributed by atoms with van der Waals surface area (Å²) in [5.74, 6) is 0.597. The highest BCUT2D eigenvalue weighted by Gasteiger charge is 2.32. The van der Waals surface area contributed by atoms with Crippen LogP contribution < -0.4 is 9.64 Å². The molecule has 1 N–H and O–H groups in total. The number of ether oxygens (including phenoxy) is 2. The molecule has 2 aromatic rings. The lowest BCUT2D eigenvalue weighted by Gasteiger charge is -2.36. The number of rotatable bonds is 4. The zero-order chi connectivity index (χ0) is 20.2. The smallest absolute Gasteiger partial charge is 0.253 e. The van der Waals surface area contributed by atoms with Crippen LogP contribution in [0.2, 0.25) is 5.02 Å². The van der Waals surface area contributed by atoms with E-state index >= 15 is 0 Å². The number of β-amino-alcohol motifs (C(OH)–C–C–N with tert-alkyl or cyclic N) is 1. The summed E-state index contributed by atoms with van der Waals surface area (Å²) in [6.45, 7) is 3.97. The van der Waals surface area contributed by atoms with Crippen LogP contribution in [0.1, 0.15) is 16.8 Å².